The molecule has 2 heteroatoms. The van der Waals surface area contributed by atoms with Gasteiger partial charge in [0.25, 0.3) is 0 Å². The first kappa shape index (κ1) is 6.38. The second-order valence-electron chi connectivity index (χ2n) is 2.95. The van der Waals surface area contributed by atoms with Crippen molar-refractivity contribution in [3.63, 3.8) is 0 Å². The average molecular weight is 140 g/mol. The van der Waals surface area contributed by atoms with Crippen LogP contribution in [-0.2, 0) is 9.47 Å². The van der Waals surface area contributed by atoms with E-state index in [1.165, 1.54) is 5.57 Å². The Hall–Kier alpha value is -0.340. The Morgan fingerprint density at radius 3 is 3.00 bits per heavy atom. The molecule has 2 nitrogen and oxygen atoms in total. The van der Waals surface area contributed by atoms with Crippen molar-refractivity contribution in [2.24, 2.45) is 0 Å². The lowest BCUT2D eigenvalue weighted by Gasteiger charge is -2.18. The normalized spacial score (nSPS) is 44.9. The molecule has 0 aliphatic carbocycles. The zero-order valence-electron chi connectivity index (χ0n) is 6.17. The molecule has 2 fully saturated rings. The Morgan fingerprint density at radius 2 is 2.40 bits per heavy atom. The maximum atomic E-state index is 5.50. The zero-order chi connectivity index (χ0) is 7.14. The van der Waals surface area contributed by atoms with Crippen molar-refractivity contribution >= 4 is 0 Å². The van der Waals surface area contributed by atoms with Gasteiger partial charge in [0.1, 0.15) is 6.10 Å². The van der Waals surface area contributed by atoms with E-state index in [0.29, 0.717) is 6.10 Å². The Balaban J connectivity index is 1.99. The van der Waals surface area contributed by atoms with Crippen molar-refractivity contribution in [3.8, 4) is 0 Å². The van der Waals surface area contributed by atoms with E-state index in [0.717, 1.165) is 12.8 Å². The Bertz CT molecular complexity index is 165. The van der Waals surface area contributed by atoms with E-state index in [1.807, 2.05) is 0 Å². The summed E-state index contributed by atoms with van der Waals surface area (Å²) in [6.45, 7) is 6.06. The smallest absolute Gasteiger partial charge is 0.189 e. The molecule has 3 unspecified atom stereocenters. The number of hydrogen-bond acceptors (Lipinski definition) is 2. The summed E-state index contributed by atoms with van der Waals surface area (Å²) >= 11 is 0. The van der Waals surface area contributed by atoms with E-state index in [1.54, 1.807) is 0 Å². The summed E-state index contributed by atoms with van der Waals surface area (Å²) < 4.78 is 10.7. The molecule has 0 aromatic carbocycles. The van der Waals surface area contributed by atoms with Gasteiger partial charge in [0.2, 0.25) is 0 Å². The lowest BCUT2D eigenvalue weighted by atomic mass is 10.0. The first-order valence-corrected chi connectivity index (χ1v) is 3.80. The highest BCUT2D eigenvalue weighted by Crippen LogP contribution is 2.38. The van der Waals surface area contributed by atoms with Crippen LogP contribution in [0.4, 0.5) is 0 Å². The lowest BCUT2D eigenvalue weighted by molar-refractivity contribution is -0.0153. The standard InChI is InChI=1S/C8H12O2/c1-3-6-4-5(2)7-8(9-6)10-7/h6-8H,2-4H2,1H3. The summed E-state index contributed by atoms with van der Waals surface area (Å²) in [5.74, 6) is 0. The van der Waals surface area contributed by atoms with Gasteiger partial charge in [0, 0.05) is 0 Å². The Labute approximate surface area is 60.8 Å². The van der Waals surface area contributed by atoms with Crippen molar-refractivity contribution in [2.75, 3.05) is 0 Å². The molecule has 0 bridgehead atoms. The predicted octanol–water partition coefficient (Wildman–Crippen LogP) is 1.47. The molecule has 0 spiro atoms. The van der Waals surface area contributed by atoms with E-state index >= 15 is 0 Å². The van der Waals surface area contributed by atoms with Crippen molar-refractivity contribution in [1.82, 2.24) is 0 Å². The molecule has 56 valence electrons. The average Bonchev–Trinajstić information content (AvgIpc) is 2.66. The molecule has 0 aromatic rings. The zero-order valence-corrected chi connectivity index (χ0v) is 6.17. The number of ether oxygens (including phenoxy) is 2. The van der Waals surface area contributed by atoms with Crippen LogP contribution in [0.1, 0.15) is 19.8 Å². The van der Waals surface area contributed by atoms with Crippen molar-refractivity contribution < 1.29 is 9.47 Å². The second kappa shape index (κ2) is 2.07. The molecule has 10 heavy (non-hydrogen) atoms. The van der Waals surface area contributed by atoms with E-state index in [2.05, 4.69) is 13.5 Å². The predicted molar refractivity (Wildman–Crippen MR) is 37.6 cm³/mol. The molecular weight excluding hydrogens is 128 g/mol. The third-order valence-electron chi connectivity index (χ3n) is 2.13. The summed E-state index contributed by atoms with van der Waals surface area (Å²) in [7, 11) is 0. The second-order valence-corrected chi connectivity index (χ2v) is 2.95. The fourth-order valence-electron chi connectivity index (χ4n) is 1.38. The van der Waals surface area contributed by atoms with Gasteiger partial charge in [-0.3, -0.25) is 0 Å². The van der Waals surface area contributed by atoms with Crippen molar-refractivity contribution in [3.05, 3.63) is 12.2 Å². The molecule has 0 aromatic heterocycles. The first-order chi connectivity index (χ1) is 4.81. The SMILES string of the molecule is C=C1CC(CC)OC2OC12. The Morgan fingerprint density at radius 1 is 1.60 bits per heavy atom. The van der Waals surface area contributed by atoms with Gasteiger partial charge in [-0.15, -0.1) is 0 Å². The maximum Gasteiger partial charge on any atom is 0.189 e. The van der Waals surface area contributed by atoms with Crippen LogP contribution in [-0.4, -0.2) is 18.5 Å². The van der Waals surface area contributed by atoms with Gasteiger partial charge in [-0.25, -0.2) is 0 Å². The number of fused-ring (bicyclic) bond motifs is 1. The highest BCUT2D eigenvalue weighted by molar-refractivity contribution is 5.14. The van der Waals surface area contributed by atoms with Crippen LogP contribution in [0.3, 0.4) is 0 Å². The Kier molecular flexibility index (Phi) is 1.32. The molecular formula is C8H12O2. The van der Waals surface area contributed by atoms with Crippen LogP contribution in [0.15, 0.2) is 12.2 Å². The molecule has 0 amide bonds. The molecule has 3 atom stereocenters. The topological polar surface area (TPSA) is 21.8 Å². The maximum absolute atomic E-state index is 5.50. The largest absolute Gasteiger partial charge is 0.346 e. The van der Waals surface area contributed by atoms with Gasteiger partial charge in [0.15, 0.2) is 6.29 Å². The van der Waals surface area contributed by atoms with E-state index in [9.17, 15) is 0 Å². The highest BCUT2D eigenvalue weighted by atomic mass is 16.8. The summed E-state index contributed by atoms with van der Waals surface area (Å²) in [6, 6.07) is 0. The monoisotopic (exact) mass is 140 g/mol. The van der Waals surface area contributed by atoms with Gasteiger partial charge >= 0.3 is 0 Å². The minimum atomic E-state index is 0.0613. The molecule has 0 saturated carbocycles. The third-order valence-corrected chi connectivity index (χ3v) is 2.13. The fourth-order valence-corrected chi connectivity index (χ4v) is 1.38. The van der Waals surface area contributed by atoms with Crippen LogP contribution >= 0.6 is 0 Å². The quantitative estimate of drug-likeness (QED) is 0.406. The fraction of sp³-hybridized carbons (Fsp3) is 0.750. The number of epoxide rings is 1. The van der Waals surface area contributed by atoms with Crippen LogP contribution in [0.2, 0.25) is 0 Å². The lowest BCUT2D eigenvalue weighted by Crippen LogP contribution is -2.22. The van der Waals surface area contributed by atoms with E-state index in [4.69, 9.17) is 9.47 Å². The summed E-state index contributed by atoms with van der Waals surface area (Å²) in [4.78, 5) is 0. The van der Waals surface area contributed by atoms with Crippen molar-refractivity contribution in [2.45, 2.75) is 38.3 Å². The van der Waals surface area contributed by atoms with Gasteiger partial charge in [-0.05, 0) is 18.4 Å². The van der Waals surface area contributed by atoms with Crippen LogP contribution < -0.4 is 0 Å². The molecule has 2 aliphatic heterocycles. The van der Waals surface area contributed by atoms with Gasteiger partial charge < -0.3 is 9.47 Å². The number of rotatable bonds is 1. The highest BCUT2D eigenvalue weighted by Gasteiger charge is 2.47. The molecule has 2 saturated heterocycles. The first-order valence-electron chi connectivity index (χ1n) is 3.80. The summed E-state index contributed by atoms with van der Waals surface area (Å²) in [5.41, 5.74) is 1.21. The van der Waals surface area contributed by atoms with Crippen molar-refractivity contribution in [1.29, 1.82) is 0 Å². The van der Waals surface area contributed by atoms with Gasteiger partial charge in [-0.1, -0.05) is 13.5 Å². The summed E-state index contributed by atoms with van der Waals surface area (Å²) in [6.07, 6.45) is 2.70. The van der Waals surface area contributed by atoms with Gasteiger partial charge in [0.05, 0.1) is 6.10 Å². The third kappa shape index (κ3) is 0.879. The van der Waals surface area contributed by atoms with Gasteiger partial charge in [-0.2, -0.15) is 0 Å². The molecule has 2 heterocycles. The molecule has 0 N–H and O–H groups in total. The molecule has 2 aliphatic rings. The van der Waals surface area contributed by atoms with Crippen LogP contribution in [0, 0.1) is 0 Å². The molecule has 2 rings (SSSR count). The van der Waals surface area contributed by atoms with E-state index in [-0.39, 0.29) is 12.4 Å². The van der Waals surface area contributed by atoms with Crippen LogP contribution in [0.5, 0.6) is 0 Å². The molecule has 0 radical (unpaired) electrons. The summed E-state index contributed by atoms with van der Waals surface area (Å²) in [5, 5.41) is 0. The van der Waals surface area contributed by atoms with E-state index < -0.39 is 0 Å². The van der Waals surface area contributed by atoms with Crippen LogP contribution in [0.25, 0.3) is 0 Å². The minimum Gasteiger partial charge on any atom is -0.346 e. The minimum absolute atomic E-state index is 0.0613. The number of hydrogen-bond donors (Lipinski definition) is 0.